The second kappa shape index (κ2) is 6.02. The third-order valence-corrected chi connectivity index (χ3v) is 3.38. The summed E-state index contributed by atoms with van der Waals surface area (Å²) in [6, 6.07) is 15.5. The van der Waals surface area contributed by atoms with Crippen LogP contribution in [0, 0.1) is 0 Å². The summed E-state index contributed by atoms with van der Waals surface area (Å²) in [5.74, 6) is 0.870. The molecular weight excluding hydrogens is 284 g/mol. The zero-order chi connectivity index (χ0) is 14.7. The normalized spacial score (nSPS) is 10.6. The maximum Gasteiger partial charge on any atom is 0.119 e. The summed E-state index contributed by atoms with van der Waals surface area (Å²) in [5.41, 5.74) is 2.88. The van der Waals surface area contributed by atoms with Gasteiger partial charge < -0.3 is 10.1 Å². The van der Waals surface area contributed by atoms with Gasteiger partial charge in [-0.05, 0) is 55.5 Å². The van der Waals surface area contributed by atoms with E-state index in [1.165, 1.54) is 0 Å². The van der Waals surface area contributed by atoms with E-state index in [1.807, 2.05) is 55.5 Å². The van der Waals surface area contributed by atoms with E-state index >= 15 is 0 Å². The molecule has 0 aliphatic carbocycles. The van der Waals surface area contributed by atoms with E-state index in [4.69, 9.17) is 16.3 Å². The Kier molecular flexibility index (Phi) is 3.93. The minimum absolute atomic E-state index is 0.669. The summed E-state index contributed by atoms with van der Waals surface area (Å²) in [6.07, 6.45) is 1.77. The van der Waals surface area contributed by atoms with Crippen molar-refractivity contribution >= 4 is 33.9 Å². The van der Waals surface area contributed by atoms with Gasteiger partial charge >= 0.3 is 0 Å². The van der Waals surface area contributed by atoms with Crippen molar-refractivity contribution in [2.24, 2.45) is 0 Å². The summed E-state index contributed by atoms with van der Waals surface area (Å²) in [6.45, 7) is 2.64. The molecule has 21 heavy (non-hydrogen) atoms. The molecule has 1 aromatic heterocycles. The molecule has 0 bridgehead atoms. The maximum absolute atomic E-state index is 6.00. The summed E-state index contributed by atoms with van der Waals surface area (Å²) in [5, 5.41) is 5.12. The molecule has 0 fully saturated rings. The van der Waals surface area contributed by atoms with Crippen LogP contribution in [-0.2, 0) is 0 Å². The average molecular weight is 299 g/mol. The van der Waals surface area contributed by atoms with Gasteiger partial charge in [-0.25, -0.2) is 0 Å². The number of halogens is 1. The summed E-state index contributed by atoms with van der Waals surface area (Å²) in [4.78, 5) is 4.34. The Balaban J connectivity index is 1.90. The Bertz CT molecular complexity index is 756. The first-order valence-corrected chi connectivity index (χ1v) is 7.18. The van der Waals surface area contributed by atoms with Gasteiger partial charge in [-0.1, -0.05) is 11.6 Å². The molecule has 2 aromatic carbocycles. The molecule has 0 atom stereocenters. The zero-order valence-corrected chi connectivity index (χ0v) is 12.4. The number of aromatic nitrogens is 1. The Labute approximate surface area is 128 Å². The van der Waals surface area contributed by atoms with Gasteiger partial charge in [-0.3, -0.25) is 4.98 Å². The lowest BCUT2D eigenvalue weighted by atomic mass is 10.2. The van der Waals surface area contributed by atoms with Crippen molar-refractivity contribution in [1.29, 1.82) is 0 Å². The standard InChI is InChI=1S/C17H15ClN2O/c1-2-21-14-6-4-13(5-7-14)20-16-9-10-19-17-11-12(18)3-8-15(16)17/h3-11H,2H2,1H3,(H,19,20). The first kappa shape index (κ1) is 13.7. The molecule has 3 rings (SSSR count). The molecule has 0 amide bonds. The van der Waals surface area contributed by atoms with Gasteiger partial charge in [0.05, 0.1) is 12.1 Å². The highest BCUT2D eigenvalue weighted by Gasteiger charge is 2.03. The Morgan fingerprint density at radius 1 is 1.10 bits per heavy atom. The molecule has 3 aromatic rings. The minimum atomic E-state index is 0.669. The zero-order valence-electron chi connectivity index (χ0n) is 11.6. The number of benzene rings is 2. The number of pyridine rings is 1. The number of nitrogens with zero attached hydrogens (tertiary/aromatic N) is 1. The number of anilines is 2. The monoisotopic (exact) mass is 298 g/mol. The molecule has 0 spiro atoms. The molecule has 0 saturated heterocycles. The van der Waals surface area contributed by atoms with Crippen LogP contribution in [0.5, 0.6) is 5.75 Å². The predicted molar refractivity (Wildman–Crippen MR) is 87.6 cm³/mol. The lowest BCUT2D eigenvalue weighted by Crippen LogP contribution is -1.94. The number of nitrogens with one attached hydrogen (secondary N) is 1. The van der Waals surface area contributed by atoms with E-state index in [9.17, 15) is 0 Å². The van der Waals surface area contributed by atoms with Crippen molar-refractivity contribution in [3.05, 3.63) is 59.8 Å². The number of ether oxygens (including phenoxy) is 1. The van der Waals surface area contributed by atoms with Crippen molar-refractivity contribution in [3.63, 3.8) is 0 Å². The summed E-state index contributed by atoms with van der Waals surface area (Å²) < 4.78 is 5.44. The van der Waals surface area contributed by atoms with Gasteiger partial charge in [-0.2, -0.15) is 0 Å². The van der Waals surface area contributed by atoms with E-state index in [-0.39, 0.29) is 0 Å². The van der Waals surface area contributed by atoms with E-state index < -0.39 is 0 Å². The van der Waals surface area contributed by atoms with Crippen molar-refractivity contribution in [2.45, 2.75) is 6.92 Å². The van der Waals surface area contributed by atoms with Crippen LogP contribution in [-0.4, -0.2) is 11.6 Å². The van der Waals surface area contributed by atoms with Crippen molar-refractivity contribution in [2.75, 3.05) is 11.9 Å². The molecule has 0 saturated carbocycles. The Morgan fingerprint density at radius 2 is 1.90 bits per heavy atom. The highest BCUT2D eigenvalue weighted by Crippen LogP contribution is 2.27. The Hall–Kier alpha value is -2.26. The van der Waals surface area contributed by atoms with Crippen LogP contribution >= 0.6 is 11.6 Å². The average Bonchev–Trinajstić information content (AvgIpc) is 2.49. The van der Waals surface area contributed by atoms with Gasteiger partial charge in [0, 0.05) is 28.0 Å². The predicted octanol–water partition coefficient (Wildman–Crippen LogP) is 5.03. The SMILES string of the molecule is CCOc1ccc(Nc2ccnc3cc(Cl)ccc23)cc1. The van der Waals surface area contributed by atoms with Crippen molar-refractivity contribution in [3.8, 4) is 5.75 Å². The van der Waals surface area contributed by atoms with Gasteiger partial charge in [-0.15, -0.1) is 0 Å². The molecule has 0 radical (unpaired) electrons. The highest BCUT2D eigenvalue weighted by molar-refractivity contribution is 6.31. The lowest BCUT2D eigenvalue weighted by Gasteiger charge is -2.10. The molecule has 3 nitrogen and oxygen atoms in total. The van der Waals surface area contributed by atoms with Gasteiger partial charge in [0.1, 0.15) is 5.75 Å². The van der Waals surface area contributed by atoms with Crippen LogP contribution < -0.4 is 10.1 Å². The quantitative estimate of drug-likeness (QED) is 0.733. The number of hydrogen-bond donors (Lipinski definition) is 1. The fraction of sp³-hybridized carbons (Fsp3) is 0.118. The molecule has 1 heterocycles. The lowest BCUT2D eigenvalue weighted by molar-refractivity contribution is 0.340. The van der Waals surface area contributed by atoms with Gasteiger partial charge in [0.2, 0.25) is 0 Å². The number of fused-ring (bicyclic) bond motifs is 1. The first-order valence-electron chi connectivity index (χ1n) is 6.80. The van der Waals surface area contributed by atoms with Crippen LogP contribution in [0.25, 0.3) is 10.9 Å². The molecule has 0 unspecified atom stereocenters. The van der Waals surface area contributed by atoms with Gasteiger partial charge in [0.25, 0.3) is 0 Å². The molecule has 0 aliphatic heterocycles. The van der Waals surface area contributed by atoms with E-state index in [2.05, 4.69) is 10.3 Å². The third kappa shape index (κ3) is 3.09. The highest BCUT2D eigenvalue weighted by atomic mass is 35.5. The fourth-order valence-corrected chi connectivity index (χ4v) is 2.35. The van der Waals surface area contributed by atoms with E-state index in [0.717, 1.165) is 28.0 Å². The van der Waals surface area contributed by atoms with Crippen LogP contribution in [0.2, 0.25) is 5.02 Å². The molecule has 1 N–H and O–H groups in total. The number of rotatable bonds is 4. The second-order valence-electron chi connectivity index (χ2n) is 4.60. The largest absolute Gasteiger partial charge is 0.494 e. The fourth-order valence-electron chi connectivity index (χ4n) is 2.19. The van der Waals surface area contributed by atoms with Crippen LogP contribution in [0.3, 0.4) is 0 Å². The first-order chi connectivity index (χ1) is 10.3. The van der Waals surface area contributed by atoms with Crippen LogP contribution in [0.15, 0.2) is 54.7 Å². The van der Waals surface area contributed by atoms with Gasteiger partial charge in [0.15, 0.2) is 0 Å². The maximum atomic E-state index is 6.00. The van der Waals surface area contributed by atoms with Crippen LogP contribution in [0.4, 0.5) is 11.4 Å². The topological polar surface area (TPSA) is 34.1 Å². The molecule has 4 heteroatoms. The van der Waals surface area contributed by atoms with Crippen molar-refractivity contribution in [1.82, 2.24) is 4.98 Å². The van der Waals surface area contributed by atoms with Crippen molar-refractivity contribution < 1.29 is 4.74 Å². The Morgan fingerprint density at radius 3 is 2.67 bits per heavy atom. The molecule has 106 valence electrons. The summed E-state index contributed by atoms with van der Waals surface area (Å²) >= 11 is 6.00. The summed E-state index contributed by atoms with van der Waals surface area (Å²) in [7, 11) is 0. The second-order valence-corrected chi connectivity index (χ2v) is 5.04. The smallest absolute Gasteiger partial charge is 0.119 e. The van der Waals surface area contributed by atoms with E-state index in [1.54, 1.807) is 6.20 Å². The number of hydrogen-bond acceptors (Lipinski definition) is 3. The van der Waals surface area contributed by atoms with E-state index in [0.29, 0.717) is 11.6 Å². The van der Waals surface area contributed by atoms with Crippen LogP contribution in [0.1, 0.15) is 6.92 Å². The molecule has 0 aliphatic rings. The minimum Gasteiger partial charge on any atom is -0.494 e. The molecular formula is C17H15ClN2O. The third-order valence-electron chi connectivity index (χ3n) is 3.15.